The lowest BCUT2D eigenvalue weighted by Gasteiger charge is -2.18. The number of aromatic hydroxyl groups is 1. The smallest absolute Gasteiger partial charge is 0.317 e. The molecule has 0 aliphatic rings. The molecule has 0 fully saturated rings. The van der Waals surface area contributed by atoms with Crippen molar-refractivity contribution >= 4 is 8.25 Å². The van der Waals surface area contributed by atoms with Gasteiger partial charge in [0, 0.05) is 18.8 Å². The molecule has 0 bridgehead atoms. The van der Waals surface area contributed by atoms with Crippen molar-refractivity contribution < 1.29 is 23.8 Å². The van der Waals surface area contributed by atoms with Crippen LogP contribution in [0.2, 0.25) is 0 Å². The molecule has 0 amide bonds. The Hall–Kier alpha value is -1.88. The lowest BCUT2D eigenvalue weighted by molar-refractivity contribution is 0.191. The Bertz CT molecular complexity index is 662. The number of pyridine rings is 1. The van der Waals surface area contributed by atoms with Crippen molar-refractivity contribution in [1.29, 1.82) is 0 Å². The summed E-state index contributed by atoms with van der Waals surface area (Å²) in [6, 6.07) is 6.97. The molecule has 2 rings (SSSR count). The van der Waals surface area contributed by atoms with Crippen LogP contribution in [0.1, 0.15) is 22.8 Å². The van der Waals surface area contributed by atoms with E-state index in [-0.39, 0.29) is 5.75 Å². The SMILES string of the molecule is COc1cc(C(Cc2cccnc2)O[PH](=O)O)cc(C)c1O. The third-order valence-corrected chi connectivity index (χ3v) is 3.75. The molecule has 2 aromatic rings. The second-order valence-corrected chi connectivity index (χ2v) is 5.59. The van der Waals surface area contributed by atoms with Crippen molar-refractivity contribution in [2.45, 2.75) is 19.4 Å². The van der Waals surface area contributed by atoms with E-state index >= 15 is 0 Å². The molecule has 0 aliphatic carbocycles. The van der Waals surface area contributed by atoms with Crippen molar-refractivity contribution in [2.24, 2.45) is 0 Å². The third kappa shape index (κ3) is 4.07. The largest absolute Gasteiger partial charge is 0.504 e. The van der Waals surface area contributed by atoms with Crippen LogP contribution in [0.3, 0.4) is 0 Å². The Kier molecular flexibility index (Phi) is 5.55. The molecular weight excluding hydrogens is 305 g/mol. The molecule has 1 aromatic heterocycles. The maximum absolute atomic E-state index is 11.1. The Labute approximate surface area is 129 Å². The summed E-state index contributed by atoms with van der Waals surface area (Å²) in [5.74, 6) is 0.343. The Morgan fingerprint density at radius 2 is 2.18 bits per heavy atom. The summed E-state index contributed by atoms with van der Waals surface area (Å²) in [5.41, 5.74) is 2.13. The number of aromatic nitrogens is 1. The normalized spacial score (nSPS) is 13.6. The summed E-state index contributed by atoms with van der Waals surface area (Å²) in [6.45, 7) is 1.73. The summed E-state index contributed by atoms with van der Waals surface area (Å²) in [5, 5.41) is 9.89. The van der Waals surface area contributed by atoms with E-state index in [1.165, 1.54) is 7.11 Å². The third-order valence-electron chi connectivity index (χ3n) is 3.27. The van der Waals surface area contributed by atoms with E-state index in [2.05, 4.69) is 4.98 Å². The molecule has 1 heterocycles. The predicted octanol–water partition coefficient (Wildman–Crippen LogP) is 2.79. The first-order chi connectivity index (χ1) is 10.5. The van der Waals surface area contributed by atoms with E-state index < -0.39 is 14.4 Å². The Balaban J connectivity index is 2.37. The Morgan fingerprint density at radius 3 is 2.77 bits per heavy atom. The van der Waals surface area contributed by atoms with Crippen molar-refractivity contribution in [2.75, 3.05) is 7.11 Å². The van der Waals surface area contributed by atoms with Gasteiger partial charge < -0.3 is 19.3 Å². The van der Waals surface area contributed by atoms with Crippen LogP contribution in [0, 0.1) is 6.92 Å². The minimum atomic E-state index is -3.12. The molecule has 2 N–H and O–H groups in total. The fraction of sp³-hybridized carbons (Fsp3) is 0.267. The zero-order chi connectivity index (χ0) is 16.1. The summed E-state index contributed by atoms with van der Waals surface area (Å²) >= 11 is 0. The monoisotopic (exact) mass is 323 g/mol. The first kappa shape index (κ1) is 16.5. The predicted molar refractivity (Wildman–Crippen MR) is 82.4 cm³/mol. The molecule has 118 valence electrons. The van der Waals surface area contributed by atoms with Crippen LogP contribution in [0.15, 0.2) is 36.7 Å². The van der Waals surface area contributed by atoms with Gasteiger partial charge in [0.25, 0.3) is 0 Å². The zero-order valence-electron chi connectivity index (χ0n) is 12.3. The fourth-order valence-corrected chi connectivity index (χ4v) is 2.66. The summed E-state index contributed by atoms with van der Waals surface area (Å²) in [6.07, 6.45) is 3.09. The first-order valence-electron chi connectivity index (χ1n) is 6.67. The number of hydrogen-bond donors (Lipinski definition) is 2. The topological polar surface area (TPSA) is 88.9 Å². The minimum Gasteiger partial charge on any atom is -0.504 e. The van der Waals surface area contributed by atoms with Gasteiger partial charge in [0.05, 0.1) is 13.2 Å². The summed E-state index contributed by atoms with van der Waals surface area (Å²) in [4.78, 5) is 13.2. The lowest BCUT2D eigenvalue weighted by Crippen LogP contribution is -2.05. The molecule has 2 unspecified atom stereocenters. The summed E-state index contributed by atoms with van der Waals surface area (Å²) < 4.78 is 21.4. The quantitative estimate of drug-likeness (QED) is 0.795. The minimum absolute atomic E-state index is 0.0445. The van der Waals surface area contributed by atoms with Gasteiger partial charge in [-0.15, -0.1) is 0 Å². The molecule has 0 saturated heterocycles. The second kappa shape index (κ2) is 7.40. The average Bonchev–Trinajstić information content (AvgIpc) is 2.50. The molecular formula is C15H18NO5P. The molecule has 22 heavy (non-hydrogen) atoms. The highest BCUT2D eigenvalue weighted by atomic mass is 31.1. The van der Waals surface area contributed by atoms with Gasteiger partial charge in [-0.05, 0) is 41.8 Å². The molecule has 0 saturated carbocycles. The molecule has 1 aromatic carbocycles. The number of rotatable bonds is 6. The first-order valence-corrected chi connectivity index (χ1v) is 7.93. The molecule has 7 heteroatoms. The van der Waals surface area contributed by atoms with Crippen LogP contribution in [-0.4, -0.2) is 22.1 Å². The van der Waals surface area contributed by atoms with E-state index in [4.69, 9.17) is 14.2 Å². The standard InChI is InChI=1S/C15H18NO5P/c1-10-6-12(8-14(20-2)15(10)17)13(21-22(18)19)7-11-4-3-5-16-9-11/h3-6,8-9,13,17,22H,7H2,1-2H3,(H,18,19). The van der Waals surface area contributed by atoms with Crippen LogP contribution in [0.4, 0.5) is 0 Å². The van der Waals surface area contributed by atoms with Crippen LogP contribution in [0.5, 0.6) is 11.5 Å². The molecule has 0 spiro atoms. The van der Waals surface area contributed by atoms with E-state index in [0.29, 0.717) is 23.3 Å². The average molecular weight is 323 g/mol. The van der Waals surface area contributed by atoms with E-state index in [1.54, 1.807) is 37.5 Å². The Morgan fingerprint density at radius 1 is 1.41 bits per heavy atom. The van der Waals surface area contributed by atoms with Crippen molar-refractivity contribution in [3.8, 4) is 11.5 Å². The van der Waals surface area contributed by atoms with E-state index in [9.17, 15) is 9.67 Å². The zero-order valence-corrected chi connectivity index (χ0v) is 13.3. The maximum atomic E-state index is 11.1. The maximum Gasteiger partial charge on any atom is 0.317 e. The van der Waals surface area contributed by atoms with Gasteiger partial charge in [0.15, 0.2) is 11.5 Å². The second-order valence-electron chi connectivity index (χ2n) is 4.83. The number of benzene rings is 1. The van der Waals surface area contributed by atoms with Gasteiger partial charge >= 0.3 is 8.25 Å². The van der Waals surface area contributed by atoms with Crippen molar-refractivity contribution in [1.82, 2.24) is 4.98 Å². The van der Waals surface area contributed by atoms with E-state index in [0.717, 1.165) is 5.56 Å². The van der Waals surface area contributed by atoms with Gasteiger partial charge in [-0.25, -0.2) is 0 Å². The number of phenolic OH excluding ortho intramolecular Hbond substituents is 1. The van der Waals surface area contributed by atoms with Gasteiger partial charge in [0.2, 0.25) is 0 Å². The summed E-state index contributed by atoms with van der Waals surface area (Å²) in [7, 11) is -1.67. The van der Waals surface area contributed by atoms with Crippen molar-refractivity contribution in [3.05, 3.63) is 53.3 Å². The van der Waals surface area contributed by atoms with Crippen LogP contribution in [0.25, 0.3) is 0 Å². The number of phenols is 1. The molecule has 6 nitrogen and oxygen atoms in total. The number of aryl methyl sites for hydroxylation is 1. The highest BCUT2D eigenvalue weighted by Gasteiger charge is 2.19. The highest BCUT2D eigenvalue weighted by Crippen LogP contribution is 2.37. The van der Waals surface area contributed by atoms with Crippen molar-refractivity contribution in [3.63, 3.8) is 0 Å². The number of ether oxygens (including phenoxy) is 1. The van der Waals surface area contributed by atoms with Crippen LogP contribution in [-0.2, 0) is 15.5 Å². The molecule has 0 aliphatic heterocycles. The molecule has 0 radical (unpaired) electrons. The van der Waals surface area contributed by atoms with E-state index in [1.807, 2.05) is 6.07 Å². The van der Waals surface area contributed by atoms with Gasteiger partial charge in [-0.2, -0.15) is 0 Å². The lowest BCUT2D eigenvalue weighted by atomic mass is 10.00. The number of methoxy groups -OCH3 is 1. The van der Waals surface area contributed by atoms with Gasteiger partial charge in [-0.1, -0.05) is 6.07 Å². The molecule has 2 atom stereocenters. The number of nitrogens with zero attached hydrogens (tertiary/aromatic N) is 1. The van der Waals surface area contributed by atoms with Gasteiger partial charge in [0.1, 0.15) is 0 Å². The highest BCUT2D eigenvalue weighted by molar-refractivity contribution is 7.32. The van der Waals surface area contributed by atoms with Crippen LogP contribution < -0.4 is 4.74 Å². The fourth-order valence-electron chi connectivity index (χ4n) is 2.20. The van der Waals surface area contributed by atoms with Gasteiger partial charge in [-0.3, -0.25) is 9.55 Å². The van der Waals surface area contributed by atoms with Crippen LogP contribution >= 0.6 is 8.25 Å². The number of hydrogen-bond acceptors (Lipinski definition) is 5.